The van der Waals surface area contributed by atoms with Crippen LogP contribution in [0.1, 0.15) is 106 Å². The molecule has 0 aromatic heterocycles. The Labute approximate surface area is 186 Å². The first-order valence-electron chi connectivity index (χ1n) is 12.8. The third-order valence-corrected chi connectivity index (χ3v) is 9.69. The average molecular weight is 417 g/mol. The van der Waals surface area contributed by atoms with Gasteiger partial charge in [-0.1, -0.05) is 51.8 Å². The van der Waals surface area contributed by atoms with Crippen molar-refractivity contribution in [2.75, 3.05) is 0 Å². The Morgan fingerprint density at radius 3 is 2.60 bits per heavy atom. The molecule has 0 heterocycles. The fraction of sp³-hybridized carbons (Fsp3) is 0.857. The molecule has 0 bridgehead atoms. The third-order valence-electron chi connectivity index (χ3n) is 9.69. The first kappa shape index (κ1) is 24.1. The molecule has 0 radical (unpaired) electrons. The summed E-state index contributed by atoms with van der Waals surface area (Å²) in [4.78, 5) is 0. The van der Waals surface area contributed by atoms with Crippen LogP contribution in [0, 0.1) is 35.0 Å². The molecule has 0 amide bonds. The van der Waals surface area contributed by atoms with E-state index in [1.54, 1.807) is 0 Å². The maximum Gasteiger partial charge on any atom is 0.0642 e. The van der Waals surface area contributed by atoms with E-state index < -0.39 is 5.60 Å². The van der Waals surface area contributed by atoms with Crippen LogP contribution in [0.3, 0.4) is 0 Å². The molecule has 3 rings (SSSR count). The second kappa shape index (κ2) is 9.49. The molecule has 0 aromatic carbocycles. The van der Waals surface area contributed by atoms with E-state index in [9.17, 15) is 10.2 Å². The molecule has 0 spiro atoms. The fourth-order valence-electron chi connectivity index (χ4n) is 6.99. The van der Waals surface area contributed by atoms with Gasteiger partial charge in [-0.2, -0.15) is 0 Å². The molecular weight excluding hydrogens is 368 g/mol. The van der Waals surface area contributed by atoms with E-state index in [-0.39, 0.29) is 6.10 Å². The van der Waals surface area contributed by atoms with Crippen molar-refractivity contribution in [3.05, 3.63) is 23.3 Å². The summed E-state index contributed by atoms with van der Waals surface area (Å²) in [6.07, 6.45) is 16.4. The molecule has 7 atom stereocenters. The lowest BCUT2D eigenvalue weighted by atomic mass is 9.59. The summed E-state index contributed by atoms with van der Waals surface area (Å²) in [6, 6.07) is 0. The second-order valence-corrected chi connectivity index (χ2v) is 11.9. The summed E-state index contributed by atoms with van der Waals surface area (Å²) in [5.41, 5.74) is 2.78. The summed E-state index contributed by atoms with van der Waals surface area (Å²) < 4.78 is 0. The quantitative estimate of drug-likeness (QED) is 0.466. The molecule has 2 fully saturated rings. The summed E-state index contributed by atoms with van der Waals surface area (Å²) in [5, 5.41) is 20.8. The van der Waals surface area contributed by atoms with Crippen molar-refractivity contribution >= 4 is 0 Å². The predicted octanol–water partition coefficient (Wildman–Crippen LogP) is 7.06. The number of aliphatic hydroxyl groups is 2. The molecule has 2 saturated carbocycles. The number of aliphatic hydroxyl groups excluding tert-OH is 1. The van der Waals surface area contributed by atoms with E-state index >= 15 is 0 Å². The molecular formula is C28H48O2. The van der Waals surface area contributed by atoms with Gasteiger partial charge in [-0.05, 0) is 112 Å². The summed E-state index contributed by atoms with van der Waals surface area (Å²) >= 11 is 0. The maximum absolute atomic E-state index is 10.7. The molecule has 3 aliphatic rings. The van der Waals surface area contributed by atoms with Gasteiger partial charge in [0.25, 0.3) is 0 Å². The van der Waals surface area contributed by atoms with Crippen LogP contribution >= 0.6 is 0 Å². The Bertz CT molecular complexity index is 643. The van der Waals surface area contributed by atoms with Gasteiger partial charge >= 0.3 is 0 Å². The highest BCUT2D eigenvalue weighted by Crippen LogP contribution is 2.60. The Balaban J connectivity index is 1.67. The Morgan fingerprint density at radius 1 is 1.17 bits per heavy atom. The van der Waals surface area contributed by atoms with Gasteiger partial charge in [0.05, 0.1) is 11.7 Å². The van der Waals surface area contributed by atoms with Gasteiger partial charge in [-0.3, -0.25) is 0 Å². The van der Waals surface area contributed by atoms with Crippen molar-refractivity contribution in [3.63, 3.8) is 0 Å². The van der Waals surface area contributed by atoms with E-state index in [1.165, 1.54) is 43.3 Å². The number of allylic oxidation sites excluding steroid dienone is 3. The van der Waals surface area contributed by atoms with Crippen LogP contribution in [-0.4, -0.2) is 21.9 Å². The lowest BCUT2D eigenvalue weighted by Crippen LogP contribution is -2.39. The maximum atomic E-state index is 10.7. The van der Waals surface area contributed by atoms with Crippen LogP contribution in [-0.2, 0) is 0 Å². The standard InChI is InChI=1S/C28H48O2/c1-19(2)28(6,30)17-15-21(4)25-13-14-26-22(8-7-16-27(25,26)5)10-11-23-18-24(29)12-9-20(23)3/h10-11,19,21-22,24-26,29-30H,7-9,12-18H2,1-6H3/b11-10+/t21?,22?,24-,25+,26?,27?,28+/m0/s1. The summed E-state index contributed by atoms with van der Waals surface area (Å²) in [7, 11) is 0. The van der Waals surface area contributed by atoms with Crippen molar-refractivity contribution < 1.29 is 10.2 Å². The van der Waals surface area contributed by atoms with Crippen molar-refractivity contribution in [1.82, 2.24) is 0 Å². The van der Waals surface area contributed by atoms with E-state index in [4.69, 9.17) is 0 Å². The molecule has 0 aromatic rings. The highest BCUT2D eigenvalue weighted by atomic mass is 16.3. The van der Waals surface area contributed by atoms with Crippen LogP contribution in [0.4, 0.5) is 0 Å². The molecule has 3 aliphatic carbocycles. The zero-order valence-corrected chi connectivity index (χ0v) is 20.6. The molecule has 4 unspecified atom stereocenters. The van der Waals surface area contributed by atoms with Crippen LogP contribution in [0.2, 0.25) is 0 Å². The van der Waals surface area contributed by atoms with Crippen LogP contribution in [0.15, 0.2) is 23.3 Å². The minimum absolute atomic E-state index is 0.148. The van der Waals surface area contributed by atoms with Crippen molar-refractivity contribution in [2.24, 2.45) is 35.0 Å². The van der Waals surface area contributed by atoms with Crippen molar-refractivity contribution in [2.45, 2.75) is 117 Å². The van der Waals surface area contributed by atoms with E-state index in [2.05, 4.69) is 46.8 Å². The van der Waals surface area contributed by atoms with Gasteiger partial charge in [-0.25, -0.2) is 0 Å². The molecule has 0 aliphatic heterocycles. The second-order valence-electron chi connectivity index (χ2n) is 11.9. The van der Waals surface area contributed by atoms with Gasteiger partial charge in [-0.15, -0.1) is 0 Å². The molecule has 2 N–H and O–H groups in total. The van der Waals surface area contributed by atoms with Crippen molar-refractivity contribution in [1.29, 1.82) is 0 Å². The third kappa shape index (κ3) is 5.07. The number of hydrogen-bond acceptors (Lipinski definition) is 2. The van der Waals surface area contributed by atoms with E-state index in [0.29, 0.717) is 23.2 Å². The minimum atomic E-state index is -0.541. The zero-order valence-electron chi connectivity index (χ0n) is 20.6. The molecule has 172 valence electrons. The summed E-state index contributed by atoms with van der Waals surface area (Å²) in [6.45, 7) is 13.6. The Hall–Kier alpha value is -0.600. The largest absolute Gasteiger partial charge is 0.393 e. The first-order valence-corrected chi connectivity index (χ1v) is 12.8. The van der Waals surface area contributed by atoms with E-state index in [1.807, 2.05) is 6.92 Å². The van der Waals surface area contributed by atoms with Crippen molar-refractivity contribution in [3.8, 4) is 0 Å². The number of hydrogen-bond donors (Lipinski definition) is 2. The number of fused-ring (bicyclic) bond motifs is 1. The van der Waals surface area contributed by atoms with Gasteiger partial charge in [0, 0.05) is 0 Å². The topological polar surface area (TPSA) is 40.5 Å². The smallest absolute Gasteiger partial charge is 0.0642 e. The lowest BCUT2D eigenvalue weighted by molar-refractivity contribution is -0.00988. The fourth-order valence-corrected chi connectivity index (χ4v) is 6.99. The molecule has 2 heteroatoms. The Kier molecular flexibility index (Phi) is 7.61. The van der Waals surface area contributed by atoms with Gasteiger partial charge in [0.1, 0.15) is 0 Å². The molecule has 30 heavy (non-hydrogen) atoms. The van der Waals surface area contributed by atoms with Gasteiger partial charge in [0.15, 0.2) is 0 Å². The van der Waals surface area contributed by atoms with Crippen LogP contribution in [0.5, 0.6) is 0 Å². The monoisotopic (exact) mass is 416 g/mol. The zero-order chi connectivity index (χ0) is 22.1. The summed E-state index contributed by atoms with van der Waals surface area (Å²) in [5.74, 6) is 3.29. The van der Waals surface area contributed by atoms with Gasteiger partial charge < -0.3 is 10.2 Å². The molecule has 2 nitrogen and oxygen atoms in total. The van der Waals surface area contributed by atoms with E-state index in [0.717, 1.165) is 43.9 Å². The highest BCUT2D eigenvalue weighted by molar-refractivity contribution is 5.28. The predicted molar refractivity (Wildman–Crippen MR) is 127 cm³/mol. The molecule has 0 saturated heterocycles. The lowest BCUT2D eigenvalue weighted by Gasteiger charge is -2.46. The van der Waals surface area contributed by atoms with Crippen LogP contribution < -0.4 is 0 Å². The Morgan fingerprint density at radius 2 is 1.90 bits per heavy atom. The minimum Gasteiger partial charge on any atom is -0.393 e. The normalized spacial score (nSPS) is 38.2. The highest BCUT2D eigenvalue weighted by Gasteiger charge is 2.51. The SMILES string of the molecule is CC1=C(/C=C/C2CCCC3(C)C2CC[C@@H]3C(C)CC[C@@](C)(O)C(C)C)C[C@@H](O)CC1. The average Bonchev–Trinajstić information content (AvgIpc) is 3.04. The number of rotatable bonds is 7. The van der Waals surface area contributed by atoms with Gasteiger partial charge in [0.2, 0.25) is 0 Å². The first-order chi connectivity index (χ1) is 14.0. The van der Waals surface area contributed by atoms with Crippen LogP contribution in [0.25, 0.3) is 0 Å².